The molecule has 0 spiro atoms. The van der Waals surface area contributed by atoms with Crippen LogP contribution in [0.15, 0.2) is 42.5 Å². The molecule has 19 heavy (non-hydrogen) atoms. The fourth-order valence-corrected chi connectivity index (χ4v) is 1.81. The summed E-state index contributed by atoms with van der Waals surface area (Å²) >= 11 is 0. The summed E-state index contributed by atoms with van der Waals surface area (Å²) < 4.78 is 18.5. The Morgan fingerprint density at radius 1 is 1.26 bits per heavy atom. The molecule has 0 saturated carbocycles. The number of hydrogen-bond acceptors (Lipinski definition) is 3. The Hall–Kier alpha value is -2.38. The van der Waals surface area contributed by atoms with Gasteiger partial charge in [0, 0.05) is 24.0 Å². The first-order valence-corrected chi connectivity index (χ1v) is 5.77. The molecule has 0 amide bonds. The average molecular weight is 256 g/mol. The molecule has 4 heteroatoms. The lowest BCUT2D eigenvalue weighted by Gasteiger charge is -2.11. The van der Waals surface area contributed by atoms with Crippen LogP contribution in [0.3, 0.4) is 0 Å². The van der Waals surface area contributed by atoms with E-state index in [1.807, 2.05) is 30.3 Å². The van der Waals surface area contributed by atoms with Crippen LogP contribution in [0.2, 0.25) is 0 Å². The Labute approximate surface area is 111 Å². The molecule has 3 nitrogen and oxygen atoms in total. The van der Waals surface area contributed by atoms with Crippen molar-refractivity contribution in [1.82, 2.24) is 0 Å². The number of halogens is 1. The third-order valence-electron chi connectivity index (χ3n) is 2.62. The minimum atomic E-state index is -0.439. The van der Waals surface area contributed by atoms with Gasteiger partial charge in [0.25, 0.3) is 0 Å². The molecule has 2 rings (SSSR count). The van der Waals surface area contributed by atoms with Crippen LogP contribution >= 0.6 is 0 Å². The normalized spacial score (nSPS) is 9.95. The van der Waals surface area contributed by atoms with Crippen molar-refractivity contribution in [1.29, 1.82) is 5.26 Å². The molecule has 0 atom stereocenters. The van der Waals surface area contributed by atoms with Gasteiger partial charge in [-0.25, -0.2) is 4.39 Å². The van der Waals surface area contributed by atoms with Crippen molar-refractivity contribution < 1.29 is 9.13 Å². The number of nitriles is 1. The fourth-order valence-electron chi connectivity index (χ4n) is 1.81. The maximum atomic E-state index is 13.4. The molecule has 2 aromatic rings. The molecule has 0 aliphatic carbocycles. The van der Waals surface area contributed by atoms with Gasteiger partial charge in [-0.3, -0.25) is 0 Å². The molecule has 0 bridgehead atoms. The maximum Gasteiger partial charge on any atom is 0.126 e. The van der Waals surface area contributed by atoms with Gasteiger partial charge < -0.3 is 10.1 Å². The second kappa shape index (κ2) is 5.98. The quantitative estimate of drug-likeness (QED) is 0.909. The van der Waals surface area contributed by atoms with Crippen LogP contribution in [-0.4, -0.2) is 7.11 Å². The van der Waals surface area contributed by atoms with Crippen molar-refractivity contribution in [3.05, 3.63) is 59.4 Å². The SMILES string of the molecule is COCc1ccccc1Nc1cc(F)cc(C#N)c1. The van der Waals surface area contributed by atoms with Crippen LogP contribution in [0.4, 0.5) is 15.8 Å². The first-order chi connectivity index (χ1) is 9.22. The number of benzene rings is 2. The van der Waals surface area contributed by atoms with Crippen molar-refractivity contribution in [2.45, 2.75) is 6.61 Å². The van der Waals surface area contributed by atoms with Crippen molar-refractivity contribution in [3.8, 4) is 6.07 Å². The number of methoxy groups -OCH3 is 1. The van der Waals surface area contributed by atoms with Gasteiger partial charge in [0.2, 0.25) is 0 Å². The molecule has 0 radical (unpaired) electrons. The maximum absolute atomic E-state index is 13.4. The smallest absolute Gasteiger partial charge is 0.126 e. The van der Waals surface area contributed by atoms with Gasteiger partial charge in [-0.05, 0) is 24.3 Å². The summed E-state index contributed by atoms with van der Waals surface area (Å²) in [6.07, 6.45) is 0. The number of nitrogens with zero attached hydrogens (tertiary/aromatic N) is 1. The summed E-state index contributed by atoms with van der Waals surface area (Å²) in [7, 11) is 1.62. The van der Waals surface area contributed by atoms with E-state index in [1.54, 1.807) is 13.2 Å². The second-order valence-corrected chi connectivity index (χ2v) is 4.06. The zero-order valence-electron chi connectivity index (χ0n) is 10.5. The van der Waals surface area contributed by atoms with Crippen molar-refractivity contribution in [2.75, 3.05) is 12.4 Å². The highest BCUT2D eigenvalue weighted by Gasteiger charge is 2.04. The topological polar surface area (TPSA) is 45.0 Å². The highest BCUT2D eigenvalue weighted by atomic mass is 19.1. The van der Waals surface area contributed by atoms with E-state index in [4.69, 9.17) is 10.00 Å². The van der Waals surface area contributed by atoms with E-state index < -0.39 is 5.82 Å². The van der Waals surface area contributed by atoms with E-state index in [-0.39, 0.29) is 5.56 Å². The van der Waals surface area contributed by atoms with Crippen LogP contribution in [-0.2, 0) is 11.3 Å². The van der Waals surface area contributed by atoms with Gasteiger partial charge in [-0.1, -0.05) is 18.2 Å². The number of ether oxygens (including phenoxy) is 1. The average Bonchev–Trinajstić information content (AvgIpc) is 2.40. The highest BCUT2D eigenvalue weighted by molar-refractivity contribution is 5.64. The molecular formula is C15H13FN2O. The number of nitrogens with one attached hydrogen (secondary N) is 1. The molecule has 0 aliphatic rings. The molecule has 0 heterocycles. The zero-order chi connectivity index (χ0) is 13.7. The van der Waals surface area contributed by atoms with Crippen molar-refractivity contribution >= 4 is 11.4 Å². The predicted molar refractivity (Wildman–Crippen MR) is 71.6 cm³/mol. The molecule has 0 fully saturated rings. The zero-order valence-corrected chi connectivity index (χ0v) is 10.5. The summed E-state index contributed by atoms with van der Waals surface area (Å²) in [4.78, 5) is 0. The van der Waals surface area contributed by atoms with E-state index >= 15 is 0 Å². The Morgan fingerprint density at radius 2 is 2.05 bits per heavy atom. The largest absolute Gasteiger partial charge is 0.380 e. The van der Waals surface area contributed by atoms with Crippen LogP contribution in [0.1, 0.15) is 11.1 Å². The lowest BCUT2D eigenvalue weighted by Crippen LogP contribution is -1.98. The van der Waals surface area contributed by atoms with E-state index in [1.165, 1.54) is 12.1 Å². The van der Waals surface area contributed by atoms with Crippen molar-refractivity contribution in [3.63, 3.8) is 0 Å². The number of rotatable bonds is 4. The third-order valence-corrected chi connectivity index (χ3v) is 2.62. The monoisotopic (exact) mass is 256 g/mol. The number of para-hydroxylation sites is 1. The Bertz CT molecular complexity index is 620. The van der Waals surface area contributed by atoms with E-state index in [0.717, 1.165) is 11.3 Å². The summed E-state index contributed by atoms with van der Waals surface area (Å²) in [5.74, 6) is -0.439. The first kappa shape index (κ1) is 13.1. The first-order valence-electron chi connectivity index (χ1n) is 5.77. The molecule has 0 aromatic heterocycles. The molecule has 0 saturated heterocycles. The summed E-state index contributed by atoms with van der Waals surface area (Å²) in [6, 6.07) is 13.7. The van der Waals surface area contributed by atoms with E-state index in [0.29, 0.717) is 12.3 Å². The Balaban J connectivity index is 2.31. The molecule has 96 valence electrons. The van der Waals surface area contributed by atoms with E-state index in [9.17, 15) is 4.39 Å². The summed E-state index contributed by atoms with van der Waals surface area (Å²) in [5.41, 5.74) is 2.62. The molecule has 0 unspecified atom stereocenters. The minimum Gasteiger partial charge on any atom is -0.380 e. The van der Waals surface area contributed by atoms with E-state index in [2.05, 4.69) is 5.32 Å². The Kier molecular flexibility index (Phi) is 4.11. The van der Waals surface area contributed by atoms with Gasteiger partial charge in [-0.15, -0.1) is 0 Å². The standard InChI is InChI=1S/C15H13FN2O/c1-19-10-12-4-2-3-5-15(12)18-14-7-11(9-17)6-13(16)8-14/h2-8,18H,10H2,1H3. The molecule has 2 aromatic carbocycles. The van der Waals surface area contributed by atoms with Gasteiger partial charge in [0.15, 0.2) is 0 Å². The summed E-state index contributed by atoms with van der Waals surface area (Å²) in [5, 5.41) is 11.9. The van der Waals surface area contributed by atoms with Gasteiger partial charge >= 0.3 is 0 Å². The lowest BCUT2D eigenvalue weighted by molar-refractivity contribution is 0.185. The number of anilines is 2. The highest BCUT2D eigenvalue weighted by Crippen LogP contribution is 2.23. The van der Waals surface area contributed by atoms with Crippen LogP contribution in [0, 0.1) is 17.1 Å². The summed E-state index contributed by atoms with van der Waals surface area (Å²) in [6.45, 7) is 0.462. The Morgan fingerprint density at radius 3 is 2.79 bits per heavy atom. The van der Waals surface area contributed by atoms with Crippen LogP contribution in [0.25, 0.3) is 0 Å². The van der Waals surface area contributed by atoms with Gasteiger partial charge in [-0.2, -0.15) is 5.26 Å². The van der Waals surface area contributed by atoms with Crippen LogP contribution in [0.5, 0.6) is 0 Å². The third kappa shape index (κ3) is 3.30. The minimum absolute atomic E-state index is 0.284. The molecule has 1 N–H and O–H groups in total. The predicted octanol–water partition coefficient (Wildman–Crippen LogP) is 3.59. The van der Waals surface area contributed by atoms with Gasteiger partial charge in [0.05, 0.1) is 18.2 Å². The fraction of sp³-hybridized carbons (Fsp3) is 0.133. The van der Waals surface area contributed by atoms with Crippen molar-refractivity contribution in [2.24, 2.45) is 0 Å². The number of hydrogen-bond donors (Lipinski definition) is 1. The molecule has 0 aliphatic heterocycles. The second-order valence-electron chi connectivity index (χ2n) is 4.06. The van der Waals surface area contributed by atoms with Gasteiger partial charge in [0.1, 0.15) is 5.82 Å². The lowest BCUT2D eigenvalue weighted by atomic mass is 10.1. The van der Waals surface area contributed by atoms with Crippen LogP contribution < -0.4 is 5.32 Å². The molecular weight excluding hydrogens is 243 g/mol.